The van der Waals surface area contributed by atoms with Gasteiger partial charge in [-0.2, -0.15) is 0 Å². The van der Waals surface area contributed by atoms with E-state index in [1.165, 1.54) is 18.2 Å². The number of rotatable bonds is 5. The Hall–Kier alpha value is -2.82. The maximum absolute atomic E-state index is 12.4. The second-order valence-electron chi connectivity index (χ2n) is 6.87. The summed E-state index contributed by atoms with van der Waals surface area (Å²) in [7, 11) is 0. The van der Waals surface area contributed by atoms with Crippen LogP contribution in [0.25, 0.3) is 0 Å². The number of aryl methyl sites for hydroxylation is 1. The van der Waals surface area contributed by atoms with Gasteiger partial charge in [-0.15, -0.1) is 0 Å². The Morgan fingerprint density at radius 2 is 1.63 bits per heavy atom. The standard InChI is InChI=1S/C21H22O9/c1-11-9-13(29-19(25)12-5-3-2-4-6-12)7-8-14(11)20(26)28-10-15-16(22)17(23)18(24)21(27)30-15/h2-9,15-18,21-24,27H,10H2,1H3/t15-,16+,17+,18-,21?/m1/s1. The van der Waals surface area contributed by atoms with Gasteiger partial charge < -0.3 is 34.6 Å². The van der Waals surface area contributed by atoms with Gasteiger partial charge in [-0.05, 0) is 42.8 Å². The number of hydrogen-bond donors (Lipinski definition) is 4. The molecule has 1 aliphatic rings. The maximum Gasteiger partial charge on any atom is 0.343 e. The van der Waals surface area contributed by atoms with Gasteiger partial charge in [0, 0.05) is 0 Å². The predicted molar refractivity (Wildman–Crippen MR) is 102 cm³/mol. The van der Waals surface area contributed by atoms with E-state index < -0.39 is 49.3 Å². The number of esters is 2. The summed E-state index contributed by atoms with van der Waals surface area (Å²) in [5.41, 5.74) is 1.07. The van der Waals surface area contributed by atoms with Gasteiger partial charge in [-0.3, -0.25) is 0 Å². The highest BCUT2D eigenvalue weighted by molar-refractivity contribution is 5.92. The first kappa shape index (κ1) is 21.9. The first-order valence-electron chi connectivity index (χ1n) is 9.20. The summed E-state index contributed by atoms with van der Waals surface area (Å²) in [6.07, 6.45) is -7.78. The van der Waals surface area contributed by atoms with Gasteiger partial charge >= 0.3 is 11.9 Å². The van der Waals surface area contributed by atoms with E-state index in [1.54, 1.807) is 37.3 Å². The number of carbonyl (C=O) groups excluding carboxylic acids is 2. The molecule has 1 aliphatic heterocycles. The molecule has 9 nitrogen and oxygen atoms in total. The van der Waals surface area contributed by atoms with Gasteiger partial charge in [0.05, 0.1) is 11.1 Å². The van der Waals surface area contributed by atoms with Gasteiger partial charge in [-0.1, -0.05) is 18.2 Å². The Labute approximate surface area is 172 Å². The van der Waals surface area contributed by atoms with Crippen molar-refractivity contribution in [3.05, 3.63) is 65.2 Å². The minimum Gasteiger partial charge on any atom is -0.459 e. The van der Waals surface area contributed by atoms with Gasteiger partial charge in [0.2, 0.25) is 0 Å². The topological polar surface area (TPSA) is 143 Å². The fraction of sp³-hybridized carbons (Fsp3) is 0.333. The quantitative estimate of drug-likeness (QED) is 0.395. The van der Waals surface area contributed by atoms with Gasteiger partial charge in [0.1, 0.15) is 36.8 Å². The zero-order chi connectivity index (χ0) is 21.8. The summed E-state index contributed by atoms with van der Waals surface area (Å²) in [6, 6.07) is 12.8. The molecule has 0 saturated carbocycles. The molecule has 1 saturated heterocycles. The van der Waals surface area contributed by atoms with E-state index in [2.05, 4.69) is 0 Å². The molecule has 0 bridgehead atoms. The van der Waals surface area contributed by atoms with Crippen molar-refractivity contribution in [1.29, 1.82) is 0 Å². The van der Waals surface area contributed by atoms with Crippen molar-refractivity contribution in [2.24, 2.45) is 0 Å². The Balaban J connectivity index is 1.61. The second-order valence-corrected chi connectivity index (χ2v) is 6.87. The lowest BCUT2D eigenvalue weighted by Gasteiger charge is -2.37. The lowest BCUT2D eigenvalue weighted by atomic mass is 9.99. The van der Waals surface area contributed by atoms with Crippen LogP contribution in [0.2, 0.25) is 0 Å². The summed E-state index contributed by atoms with van der Waals surface area (Å²) >= 11 is 0. The highest BCUT2D eigenvalue weighted by Crippen LogP contribution is 2.22. The molecule has 0 radical (unpaired) electrons. The third kappa shape index (κ3) is 4.84. The molecule has 2 aromatic rings. The molecule has 4 N–H and O–H groups in total. The summed E-state index contributed by atoms with van der Waals surface area (Å²) in [5, 5.41) is 38.5. The zero-order valence-electron chi connectivity index (χ0n) is 16.0. The van der Waals surface area contributed by atoms with Crippen LogP contribution in [-0.2, 0) is 9.47 Å². The molecule has 2 aromatic carbocycles. The smallest absolute Gasteiger partial charge is 0.343 e. The average Bonchev–Trinajstić information content (AvgIpc) is 2.74. The minimum absolute atomic E-state index is 0.195. The average molecular weight is 418 g/mol. The summed E-state index contributed by atoms with van der Waals surface area (Å²) in [5.74, 6) is -1.02. The monoisotopic (exact) mass is 418 g/mol. The molecule has 5 atom stereocenters. The molecule has 3 rings (SSSR count). The van der Waals surface area contributed by atoms with E-state index in [0.717, 1.165) is 0 Å². The third-order valence-electron chi connectivity index (χ3n) is 4.70. The summed E-state index contributed by atoms with van der Waals surface area (Å²) in [4.78, 5) is 24.5. The largest absolute Gasteiger partial charge is 0.459 e. The molecule has 0 spiro atoms. The lowest BCUT2D eigenvalue weighted by molar-refractivity contribution is -0.286. The first-order chi connectivity index (χ1) is 14.3. The van der Waals surface area contributed by atoms with Crippen LogP contribution in [0.5, 0.6) is 5.75 Å². The van der Waals surface area contributed by atoms with Crippen LogP contribution >= 0.6 is 0 Å². The predicted octanol–water partition coefficient (Wildman–Crippen LogP) is 0.171. The van der Waals surface area contributed by atoms with Gasteiger partial charge in [-0.25, -0.2) is 9.59 Å². The number of hydrogen-bond acceptors (Lipinski definition) is 9. The van der Waals surface area contributed by atoms with Crippen molar-refractivity contribution in [3.63, 3.8) is 0 Å². The van der Waals surface area contributed by atoms with Crippen LogP contribution < -0.4 is 4.74 Å². The van der Waals surface area contributed by atoms with E-state index in [-0.39, 0.29) is 11.3 Å². The van der Waals surface area contributed by atoms with Gasteiger partial charge in [0.15, 0.2) is 6.29 Å². The lowest BCUT2D eigenvalue weighted by Crippen LogP contribution is -2.58. The fourth-order valence-electron chi connectivity index (χ4n) is 2.97. The van der Waals surface area contributed by atoms with Crippen LogP contribution in [0.15, 0.2) is 48.5 Å². The van der Waals surface area contributed by atoms with Crippen LogP contribution in [0.3, 0.4) is 0 Å². The molecule has 0 aromatic heterocycles. The van der Waals surface area contributed by atoms with E-state index in [4.69, 9.17) is 14.2 Å². The number of benzene rings is 2. The van der Waals surface area contributed by atoms with Crippen molar-refractivity contribution in [2.75, 3.05) is 6.61 Å². The zero-order valence-corrected chi connectivity index (χ0v) is 16.0. The third-order valence-corrected chi connectivity index (χ3v) is 4.70. The fourth-order valence-corrected chi connectivity index (χ4v) is 2.97. The van der Waals surface area contributed by atoms with Crippen molar-refractivity contribution < 1.29 is 44.2 Å². The van der Waals surface area contributed by atoms with E-state index in [9.17, 15) is 30.0 Å². The molecule has 30 heavy (non-hydrogen) atoms. The van der Waals surface area contributed by atoms with Crippen molar-refractivity contribution in [2.45, 2.75) is 37.6 Å². The van der Waals surface area contributed by atoms with E-state index in [1.807, 2.05) is 0 Å². The van der Waals surface area contributed by atoms with Crippen LogP contribution in [-0.4, -0.2) is 69.7 Å². The van der Waals surface area contributed by atoms with Gasteiger partial charge in [0.25, 0.3) is 0 Å². The Morgan fingerprint density at radius 1 is 0.933 bits per heavy atom. The van der Waals surface area contributed by atoms with Crippen molar-refractivity contribution in [3.8, 4) is 5.75 Å². The summed E-state index contributed by atoms with van der Waals surface area (Å²) in [6.45, 7) is 1.18. The molecule has 9 heteroatoms. The Bertz CT molecular complexity index is 899. The second kappa shape index (κ2) is 9.33. The highest BCUT2D eigenvalue weighted by atomic mass is 16.6. The molecule has 160 valence electrons. The highest BCUT2D eigenvalue weighted by Gasteiger charge is 2.43. The number of aliphatic hydroxyl groups is 4. The number of aliphatic hydroxyl groups excluding tert-OH is 4. The van der Waals surface area contributed by atoms with E-state index >= 15 is 0 Å². The minimum atomic E-state index is -1.72. The maximum atomic E-state index is 12.4. The molecular weight excluding hydrogens is 396 g/mol. The molecule has 1 heterocycles. The van der Waals surface area contributed by atoms with E-state index in [0.29, 0.717) is 11.1 Å². The first-order valence-corrected chi connectivity index (χ1v) is 9.20. The molecule has 0 amide bonds. The molecule has 0 aliphatic carbocycles. The molecule has 1 unspecified atom stereocenters. The van der Waals surface area contributed by atoms with Crippen molar-refractivity contribution >= 4 is 11.9 Å². The van der Waals surface area contributed by atoms with Crippen molar-refractivity contribution in [1.82, 2.24) is 0 Å². The molecule has 1 fully saturated rings. The van der Waals surface area contributed by atoms with Crippen LogP contribution in [0.1, 0.15) is 26.3 Å². The number of ether oxygens (including phenoxy) is 3. The summed E-state index contributed by atoms with van der Waals surface area (Å²) < 4.78 is 15.4. The Morgan fingerprint density at radius 3 is 2.30 bits per heavy atom. The SMILES string of the molecule is Cc1cc(OC(=O)c2ccccc2)ccc1C(=O)OC[C@H]1OC(O)[C@H](O)[C@@H](O)[C@H]1O. The van der Waals surface area contributed by atoms with Crippen LogP contribution in [0.4, 0.5) is 0 Å². The Kier molecular flexibility index (Phi) is 6.80. The molecular formula is C21H22O9. The van der Waals surface area contributed by atoms with Crippen LogP contribution in [0, 0.1) is 6.92 Å². The normalized spacial score (nSPS) is 26.1. The number of carbonyl (C=O) groups is 2.